The molecular weight excluding hydrogens is 366 g/mol. The molecule has 0 N–H and O–H groups in total. The zero-order valence-electron chi connectivity index (χ0n) is 16.0. The molecule has 0 aromatic carbocycles. The lowest BCUT2D eigenvalue weighted by atomic mass is 10.3. The van der Waals surface area contributed by atoms with Gasteiger partial charge < -0.3 is 14.7 Å². The third kappa shape index (κ3) is 4.03. The molecule has 4 heterocycles. The van der Waals surface area contributed by atoms with Crippen molar-refractivity contribution < 1.29 is 8.42 Å². The van der Waals surface area contributed by atoms with Gasteiger partial charge in [-0.3, -0.25) is 0 Å². The summed E-state index contributed by atoms with van der Waals surface area (Å²) in [7, 11) is -1.17. The van der Waals surface area contributed by atoms with Crippen LogP contribution in [0, 0.1) is 0 Å². The number of hydrogen-bond donors (Lipinski definition) is 0. The minimum atomic E-state index is -3.30. The average Bonchev–Trinajstić information content (AvgIpc) is 3.25. The second-order valence-electron chi connectivity index (χ2n) is 7.52. The molecule has 10 heteroatoms. The first-order chi connectivity index (χ1) is 13.0. The molecule has 3 saturated heterocycles. The fourth-order valence-corrected chi connectivity index (χ4v) is 5.62. The third-order valence-electron chi connectivity index (χ3n) is 5.75. The van der Waals surface area contributed by atoms with Gasteiger partial charge in [0.25, 0.3) is 10.2 Å². The first-order valence-corrected chi connectivity index (χ1v) is 11.2. The molecule has 0 unspecified atom stereocenters. The van der Waals surface area contributed by atoms with E-state index in [9.17, 15) is 8.42 Å². The molecule has 3 aliphatic heterocycles. The molecule has 0 spiro atoms. The van der Waals surface area contributed by atoms with Gasteiger partial charge in [-0.25, -0.2) is 9.97 Å². The Balaban J connectivity index is 1.39. The molecule has 1 aromatic heterocycles. The summed E-state index contributed by atoms with van der Waals surface area (Å²) in [6, 6.07) is 2.04. The monoisotopic (exact) mass is 395 g/mol. The Morgan fingerprint density at radius 2 is 1.22 bits per heavy atom. The summed E-state index contributed by atoms with van der Waals surface area (Å²) in [5.41, 5.74) is 0. The number of piperazine rings is 2. The van der Waals surface area contributed by atoms with Gasteiger partial charge in [-0.15, -0.1) is 0 Å². The van der Waals surface area contributed by atoms with Crippen LogP contribution in [0.15, 0.2) is 12.4 Å². The number of likely N-dealkylation sites (N-methyl/N-ethyl adjacent to an activating group) is 1. The van der Waals surface area contributed by atoms with Gasteiger partial charge in [-0.05, 0) is 19.9 Å². The van der Waals surface area contributed by atoms with Crippen LogP contribution in [0.3, 0.4) is 0 Å². The van der Waals surface area contributed by atoms with Crippen molar-refractivity contribution in [3.05, 3.63) is 12.4 Å². The molecule has 1 aromatic rings. The van der Waals surface area contributed by atoms with Gasteiger partial charge in [0.2, 0.25) is 0 Å². The Hall–Kier alpha value is -1.49. The maximum absolute atomic E-state index is 12.7. The molecule has 0 saturated carbocycles. The van der Waals surface area contributed by atoms with E-state index in [1.54, 1.807) is 14.9 Å². The van der Waals surface area contributed by atoms with Gasteiger partial charge in [-0.1, -0.05) is 0 Å². The molecule has 0 atom stereocenters. The predicted molar refractivity (Wildman–Crippen MR) is 105 cm³/mol. The van der Waals surface area contributed by atoms with Crippen LogP contribution in [-0.4, -0.2) is 104 Å². The lowest BCUT2D eigenvalue weighted by Gasteiger charge is -2.37. The number of hydrogen-bond acceptors (Lipinski definition) is 7. The highest BCUT2D eigenvalue weighted by atomic mass is 32.2. The van der Waals surface area contributed by atoms with E-state index in [-0.39, 0.29) is 0 Å². The van der Waals surface area contributed by atoms with Crippen molar-refractivity contribution in [2.45, 2.75) is 12.8 Å². The average molecular weight is 396 g/mol. The smallest absolute Gasteiger partial charge is 0.282 e. The highest BCUT2D eigenvalue weighted by Gasteiger charge is 2.34. The molecule has 4 rings (SSSR count). The Morgan fingerprint density at radius 3 is 1.78 bits per heavy atom. The van der Waals surface area contributed by atoms with Crippen LogP contribution in [0.4, 0.5) is 11.6 Å². The fraction of sp³-hybridized carbons (Fsp3) is 0.765. The van der Waals surface area contributed by atoms with Gasteiger partial charge in [-0.2, -0.15) is 17.0 Å². The first kappa shape index (κ1) is 18.9. The third-order valence-corrected chi connectivity index (χ3v) is 7.78. The Morgan fingerprint density at radius 1 is 0.741 bits per heavy atom. The molecule has 9 nitrogen and oxygen atoms in total. The van der Waals surface area contributed by atoms with Crippen LogP contribution in [-0.2, 0) is 10.2 Å². The van der Waals surface area contributed by atoms with E-state index >= 15 is 0 Å². The van der Waals surface area contributed by atoms with E-state index < -0.39 is 10.2 Å². The maximum Gasteiger partial charge on any atom is 0.282 e. The Kier molecular flexibility index (Phi) is 5.49. The van der Waals surface area contributed by atoms with Gasteiger partial charge in [0.1, 0.15) is 18.0 Å². The SMILES string of the molecule is CN1CCN(c2cc(N3CCN(S(=O)(=O)N4CCCC4)CC3)ncn2)CC1. The zero-order valence-corrected chi connectivity index (χ0v) is 16.8. The van der Waals surface area contributed by atoms with E-state index in [0.717, 1.165) is 50.7 Å². The highest BCUT2D eigenvalue weighted by molar-refractivity contribution is 7.86. The number of nitrogens with zero attached hydrogens (tertiary/aromatic N) is 7. The van der Waals surface area contributed by atoms with E-state index in [4.69, 9.17) is 0 Å². The van der Waals surface area contributed by atoms with E-state index in [1.165, 1.54) is 0 Å². The van der Waals surface area contributed by atoms with Crippen molar-refractivity contribution in [3.63, 3.8) is 0 Å². The minimum absolute atomic E-state index is 0.507. The zero-order chi connectivity index (χ0) is 18.9. The summed E-state index contributed by atoms with van der Waals surface area (Å²) in [6.45, 7) is 7.64. The van der Waals surface area contributed by atoms with Gasteiger partial charge in [0.05, 0.1) is 0 Å². The van der Waals surface area contributed by atoms with Crippen molar-refractivity contribution in [1.29, 1.82) is 0 Å². The van der Waals surface area contributed by atoms with Crippen molar-refractivity contribution in [3.8, 4) is 0 Å². The molecule has 150 valence electrons. The summed E-state index contributed by atoms with van der Waals surface area (Å²) in [5, 5.41) is 0. The molecule has 0 amide bonds. The lowest BCUT2D eigenvalue weighted by molar-refractivity contribution is 0.312. The van der Waals surface area contributed by atoms with Gasteiger partial charge in [0.15, 0.2) is 0 Å². The van der Waals surface area contributed by atoms with Crippen LogP contribution < -0.4 is 9.80 Å². The lowest BCUT2D eigenvalue weighted by Crippen LogP contribution is -2.52. The van der Waals surface area contributed by atoms with Gasteiger partial charge in [0, 0.05) is 71.5 Å². The molecule has 0 radical (unpaired) electrons. The molecule has 0 aliphatic carbocycles. The summed E-state index contributed by atoms with van der Waals surface area (Å²) in [5.74, 6) is 1.84. The fourth-order valence-electron chi connectivity index (χ4n) is 3.95. The summed E-state index contributed by atoms with van der Waals surface area (Å²) >= 11 is 0. The topological polar surface area (TPSA) is 76.1 Å². The normalized spacial score (nSPS) is 23.9. The summed E-state index contributed by atoms with van der Waals surface area (Å²) in [4.78, 5) is 15.7. The molecule has 0 bridgehead atoms. The standard InChI is InChI=1S/C17H29N7O2S/c1-20-6-8-21(9-7-20)16-14-17(19-15-18-16)22-10-12-24(13-11-22)27(25,26)23-4-2-3-5-23/h14-15H,2-13H2,1H3. The molecular formula is C17H29N7O2S. The van der Waals surface area contributed by atoms with Crippen molar-refractivity contribution in [2.24, 2.45) is 0 Å². The maximum atomic E-state index is 12.7. The van der Waals surface area contributed by atoms with Crippen molar-refractivity contribution >= 4 is 21.8 Å². The molecule has 27 heavy (non-hydrogen) atoms. The van der Waals surface area contributed by atoms with E-state index in [1.807, 2.05) is 6.07 Å². The van der Waals surface area contributed by atoms with Crippen LogP contribution in [0.2, 0.25) is 0 Å². The number of anilines is 2. The molecule has 3 fully saturated rings. The van der Waals surface area contributed by atoms with Crippen LogP contribution in [0.5, 0.6) is 0 Å². The highest BCUT2D eigenvalue weighted by Crippen LogP contribution is 2.22. The summed E-state index contributed by atoms with van der Waals surface area (Å²) < 4.78 is 28.7. The Labute approximate surface area is 161 Å². The summed E-state index contributed by atoms with van der Waals surface area (Å²) in [6.07, 6.45) is 3.56. The second-order valence-corrected chi connectivity index (χ2v) is 9.45. The number of aromatic nitrogens is 2. The quantitative estimate of drug-likeness (QED) is 0.692. The molecule has 3 aliphatic rings. The number of rotatable bonds is 4. The van der Waals surface area contributed by atoms with E-state index in [0.29, 0.717) is 39.3 Å². The predicted octanol–water partition coefficient (Wildman–Crippen LogP) is -0.309. The van der Waals surface area contributed by atoms with Crippen LogP contribution in [0.1, 0.15) is 12.8 Å². The minimum Gasteiger partial charge on any atom is -0.354 e. The first-order valence-electron chi connectivity index (χ1n) is 9.80. The van der Waals surface area contributed by atoms with Crippen LogP contribution in [0.25, 0.3) is 0 Å². The van der Waals surface area contributed by atoms with E-state index in [2.05, 4.69) is 31.7 Å². The van der Waals surface area contributed by atoms with Crippen molar-refractivity contribution in [1.82, 2.24) is 23.5 Å². The largest absolute Gasteiger partial charge is 0.354 e. The van der Waals surface area contributed by atoms with Crippen LogP contribution >= 0.6 is 0 Å². The van der Waals surface area contributed by atoms with Crippen molar-refractivity contribution in [2.75, 3.05) is 82.3 Å². The van der Waals surface area contributed by atoms with Gasteiger partial charge >= 0.3 is 0 Å². The Bertz CT molecular complexity index is 737. The second kappa shape index (κ2) is 7.86.